The minimum atomic E-state index is -3.81. The molecule has 1 aliphatic heterocycles. The number of thiazole rings is 1. The number of sulfonamides is 1. The number of fused-ring (bicyclic) bond motifs is 1. The van der Waals surface area contributed by atoms with E-state index in [2.05, 4.69) is 4.98 Å². The Bertz CT molecular complexity index is 1260. The minimum absolute atomic E-state index is 0.154. The van der Waals surface area contributed by atoms with Gasteiger partial charge in [0.2, 0.25) is 5.91 Å². The van der Waals surface area contributed by atoms with Gasteiger partial charge in [0.05, 0.1) is 14.6 Å². The Labute approximate surface area is 211 Å². The zero-order chi connectivity index (χ0) is 23.8. The van der Waals surface area contributed by atoms with Crippen molar-refractivity contribution < 1.29 is 13.2 Å². The van der Waals surface area contributed by atoms with Crippen molar-refractivity contribution in [2.75, 3.05) is 38.6 Å². The zero-order valence-electron chi connectivity index (χ0n) is 18.2. The molecule has 1 atom stereocenters. The number of benzene rings is 1. The summed E-state index contributed by atoms with van der Waals surface area (Å²) >= 11 is 14.5. The Morgan fingerprint density at radius 2 is 1.97 bits per heavy atom. The number of hydrogen-bond acceptors (Lipinski definition) is 7. The molecule has 1 saturated heterocycles. The van der Waals surface area contributed by atoms with E-state index in [1.165, 1.54) is 21.7 Å². The van der Waals surface area contributed by atoms with Crippen molar-refractivity contribution in [3.05, 3.63) is 39.7 Å². The molecule has 1 amide bonds. The molecule has 1 aliphatic rings. The molecule has 2 aromatic heterocycles. The van der Waals surface area contributed by atoms with E-state index >= 15 is 0 Å². The lowest BCUT2D eigenvalue weighted by Crippen LogP contribution is -2.48. The number of nitrogens with zero attached hydrogens (tertiary/aromatic N) is 4. The summed E-state index contributed by atoms with van der Waals surface area (Å²) in [7, 11) is 0.136. The molecular weight excluding hydrogens is 523 g/mol. The Morgan fingerprint density at radius 1 is 1.18 bits per heavy atom. The first-order valence-electron chi connectivity index (χ1n) is 10.5. The fourth-order valence-corrected chi connectivity index (χ4v) is 8.39. The highest BCUT2D eigenvalue weighted by Gasteiger charge is 2.42. The van der Waals surface area contributed by atoms with Gasteiger partial charge in [-0.2, -0.15) is 4.31 Å². The summed E-state index contributed by atoms with van der Waals surface area (Å²) in [6.07, 6.45) is 1.82. The smallest absolute Gasteiger partial charge is 0.253 e. The molecule has 33 heavy (non-hydrogen) atoms. The molecule has 178 valence electrons. The average molecular weight is 548 g/mol. The summed E-state index contributed by atoms with van der Waals surface area (Å²) in [4.78, 5) is 22.1. The van der Waals surface area contributed by atoms with Crippen LogP contribution in [0.3, 0.4) is 0 Å². The highest BCUT2D eigenvalue weighted by atomic mass is 35.5. The van der Waals surface area contributed by atoms with Crippen LogP contribution in [0.15, 0.2) is 34.5 Å². The van der Waals surface area contributed by atoms with Crippen LogP contribution < -0.4 is 4.90 Å². The SMILES string of the molecule is CN(C)CCCN(C(=O)C1CCCN1S(=O)(=O)c1ccc(Cl)s1)c1nc2ccc(Cl)cc2s1. The van der Waals surface area contributed by atoms with Gasteiger partial charge in [-0.15, -0.1) is 11.3 Å². The number of amides is 1. The lowest BCUT2D eigenvalue weighted by molar-refractivity contribution is -0.121. The predicted octanol–water partition coefficient (Wildman–Crippen LogP) is 4.80. The number of rotatable bonds is 8. The van der Waals surface area contributed by atoms with Crippen LogP contribution >= 0.6 is 45.9 Å². The van der Waals surface area contributed by atoms with Gasteiger partial charge < -0.3 is 4.90 Å². The van der Waals surface area contributed by atoms with E-state index in [1.54, 1.807) is 17.0 Å². The molecule has 0 saturated carbocycles. The lowest BCUT2D eigenvalue weighted by atomic mass is 10.2. The maximum atomic E-state index is 13.8. The summed E-state index contributed by atoms with van der Waals surface area (Å²) in [5, 5.41) is 1.16. The Balaban J connectivity index is 1.65. The van der Waals surface area contributed by atoms with E-state index in [9.17, 15) is 13.2 Å². The molecular formula is C21H24Cl2N4O3S3. The van der Waals surface area contributed by atoms with Crippen molar-refractivity contribution in [3.63, 3.8) is 0 Å². The molecule has 3 heterocycles. The minimum Gasteiger partial charge on any atom is -0.309 e. The maximum absolute atomic E-state index is 13.8. The monoisotopic (exact) mass is 546 g/mol. The van der Waals surface area contributed by atoms with Gasteiger partial charge in [0.1, 0.15) is 10.3 Å². The molecule has 0 bridgehead atoms. The first kappa shape index (κ1) is 24.8. The van der Waals surface area contributed by atoms with Crippen LogP contribution in [-0.4, -0.2) is 68.3 Å². The summed E-state index contributed by atoms with van der Waals surface area (Å²) in [6.45, 7) is 1.54. The summed E-state index contributed by atoms with van der Waals surface area (Å²) in [6, 6.07) is 7.70. The average Bonchev–Trinajstić information content (AvgIpc) is 3.49. The number of halogens is 2. The van der Waals surface area contributed by atoms with E-state index < -0.39 is 16.1 Å². The molecule has 1 aromatic carbocycles. The number of aromatic nitrogens is 1. The first-order valence-corrected chi connectivity index (χ1v) is 14.3. The molecule has 0 N–H and O–H groups in total. The van der Waals surface area contributed by atoms with Crippen LogP contribution in [0.25, 0.3) is 10.2 Å². The van der Waals surface area contributed by atoms with E-state index in [0.29, 0.717) is 40.4 Å². The van der Waals surface area contributed by atoms with Gasteiger partial charge in [-0.1, -0.05) is 34.5 Å². The van der Waals surface area contributed by atoms with Crippen LogP contribution in [-0.2, 0) is 14.8 Å². The molecule has 12 heteroatoms. The largest absolute Gasteiger partial charge is 0.309 e. The number of carbonyl (C=O) groups excluding carboxylic acids is 1. The van der Waals surface area contributed by atoms with Crippen LogP contribution in [0.5, 0.6) is 0 Å². The number of hydrogen-bond donors (Lipinski definition) is 0. The highest BCUT2D eigenvalue weighted by Crippen LogP contribution is 2.35. The Morgan fingerprint density at radius 3 is 2.67 bits per heavy atom. The molecule has 0 spiro atoms. The lowest BCUT2D eigenvalue weighted by Gasteiger charge is -2.28. The fourth-order valence-electron chi connectivity index (χ4n) is 3.85. The van der Waals surface area contributed by atoms with Crippen molar-refractivity contribution in [3.8, 4) is 0 Å². The Hall–Kier alpha value is -1.27. The third-order valence-corrected chi connectivity index (χ3v) is 10.3. The summed E-state index contributed by atoms with van der Waals surface area (Å²) < 4.78 is 29.3. The molecule has 1 unspecified atom stereocenters. The van der Waals surface area contributed by atoms with Gasteiger partial charge in [-0.3, -0.25) is 9.69 Å². The second-order valence-electron chi connectivity index (χ2n) is 8.09. The fraction of sp³-hybridized carbons (Fsp3) is 0.429. The van der Waals surface area contributed by atoms with Gasteiger partial charge in [0, 0.05) is 18.1 Å². The van der Waals surface area contributed by atoms with E-state index in [1.807, 2.05) is 31.1 Å². The summed E-state index contributed by atoms with van der Waals surface area (Å²) in [5.74, 6) is -0.248. The van der Waals surface area contributed by atoms with E-state index in [0.717, 1.165) is 34.5 Å². The number of anilines is 1. The normalized spacial score (nSPS) is 17.3. The molecule has 0 radical (unpaired) electrons. The Kier molecular flexibility index (Phi) is 7.64. The number of thiophene rings is 1. The van der Waals surface area contributed by atoms with Crippen LogP contribution in [0.2, 0.25) is 9.36 Å². The van der Waals surface area contributed by atoms with Gasteiger partial charge in [-0.25, -0.2) is 13.4 Å². The standard InChI is InChI=1S/C21H24Cl2N4O3S3/c1-25(2)10-4-11-26(21-24-15-7-6-14(22)13-17(15)31-21)20(28)16-5-3-12-27(16)33(29,30)19-9-8-18(23)32-19/h6-9,13,16H,3-5,10-12H2,1-2H3. The third kappa shape index (κ3) is 5.37. The van der Waals surface area contributed by atoms with Crippen molar-refractivity contribution >= 4 is 77.2 Å². The molecule has 0 aliphatic carbocycles. The van der Waals surface area contributed by atoms with Crippen LogP contribution in [0.1, 0.15) is 19.3 Å². The molecule has 4 rings (SSSR count). The predicted molar refractivity (Wildman–Crippen MR) is 136 cm³/mol. The third-order valence-electron chi connectivity index (χ3n) is 5.42. The van der Waals surface area contributed by atoms with Crippen molar-refractivity contribution in [2.45, 2.75) is 29.5 Å². The quantitative estimate of drug-likeness (QED) is 0.405. The van der Waals surface area contributed by atoms with Crippen molar-refractivity contribution in [1.29, 1.82) is 0 Å². The zero-order valence-corrected chi connectivity index (χ0v) is 22.2. The topological polar surface area (TPSA) is 73.8 Å². The van der Waals surface area contributed by atoms with Gasteiger partial charge >= 0.3 is 0 Å². The molecule has 7 nitrogen and oxygen atoms in total. The summed E-state index contributed by atoms with van der Waals surface area (Å²) in [5.41, 5.74) is 0.758. The number of carbonyl (C=O) groups is 1. The van der Waals surface area contributed by atoms with Crippen LogP contribution in [0, 0.1) is 0 Å². The first-order chi connectivity index (χ1) is 15.7. The van der Waals surface area contributed by atoms with E-state index in [-0.39, 0.29) is 10.1 Å². The van der Waals surface area contributed by atoms with Gasteiger partial charge in [0.15, 0.2) is 5.13 Å². The second kappa shape index (κ2) is 10.2. The van der Waals surface area contributed by atoms with Crippen molar-refractivity contribution in [2.24, 2.45) is 0 Å². The van der Waals surface area contributed by atoms with E-state index in [4.69, 9.17) is 23.2 Å². The van der Waals surface area contributed by atoms with Crippen LogP contribution in [0.4, 0.5) is 5.13 Å². The highest BCUT2D eigenvalue weighted by molar-refractivity contribution is 7.91. The van der Waals surface area contributed by atoms with Crippen molar-refractivity contribution in [1.82, 2.24) is 14.2 Å². The maximum Gasteiger partial charge on any atom is 0.253 e. The van der Waals surface area contributed by atoms with Gasteiger partial charge in [0.25, 0.3) is 10.0 Å². The van der Waals surface area contributed by atoms with Gasteiger partial charge in [-0.05, 0) is 70.2 Å². The second-order valence-corrected chi connectivity index (χ2v) is 13.4. The molecule has 1 fully saturated rings. The molecule has 3 aromatic rings.